The van der Waals surface area contributed by atoms with Crippen LogP contribution >= 0.6 is 0 Å². The van der Waals surface area contributed by atoms with Crippen molar-refractivity contribution >= 4 is 6.09 Å². The number of carbonyl (C=O) groups excluding carboxylic acids is 1. The summed E-state index contributed by atoms with van der Waals surface area (Å²) < 4.78 is 10.9. The number of fused-ring (bicyclic) bond motifs is 1. The Morgan fingerprint density at radius 2 is 2.18 bits per heavy atom. The molecule has 2 aliphatic rings. The standard InChI is InChI=1S/C12H21NO4/c1-12(2,3)17-11(15)13-4-9-8(6-14)7-16-10(9)5-13/h8-10,14H,4-7H2,1-3H3/t8-,9+,10+/m1/s1. The number of hydrogen-bond donors (Lipinski definition) is 1. The highest BCUT2D eigenvalue weighted by molar-refractivity contribution is 5.68. The van der Waals surface area contributed by atoms with Gasteiger partial charge in [0.15, 0.2) is 0 Å². The van der Waals surface area contributed by atoms with Crippen molar-refractivity contribution < 1.29 is 19.4 Å². The summed E-state index contributed by atoms with van der Waals surface area (Å²) in [6.07, 6.45) is -0.216. The minimum Gasteiger partial charge on any atom is -0.444 e. The molecule has 0 bridgehead atoms. The average molecular weight is 243 g/mol. The number of carbonyl (C=O) groups is 1. The van der Waals surface area contributed by atoms with Gasteiger partial charge in [-0.15, -0.1) is 0 Å². The summed E-state index contributed by atoms with van der Waals surface area (Å²) in [4.78, 5) is 13.6. The molecule has 0 unspecified atom stereocenters. The van der Waals surface area contributed by atoms with Crippen LogP contribution in [0.15, 0.2) is 0 Å². The van der Waals surface area contributed by atoms with Gasteiger partial charge in [-0.05, 0) is 20.8 Å². The topological polar surface area (TPSA) is 59.0 Å². The Morgan fingerprint density at radius 3 is 2.76 bits per heavy atom. The molecule has 17 heavy (non-hydrogen) atoms. The third kappa shape index (κ3) is 2.72. The first-order chi connectivity index (χ1) is 7.90. The number of aliphatic hydroxyl groups is 1. The van der Waals surface area contributed by atoms with Crippen molar-refractivity contribution in [2.75, 3.05) is 26.3 Å². The van der Waals surface area contributed by atoms with E-state index >= 15 is 0 Å². The number of nitrogens with zero attached hydrogens (tertiary/aromatic N) is 1. The first-order valence-corrected chi connectivity index (χ1v) is 6.11. The maximum Gasteiger partial charge on any atom is 0.410 e. The zero-order chi connectivity index (χ0) is 12.6. The van der Waals surface area contributed by atoms with Gasteiger partial charge in [0.25, 0.3) is 0 Å². The van der Waals surface area contributed by atoms with Crippen LogP contribution in [0.3, 0.4) is 0 Å². The van der Waals surface area contributed by atoms with E-state index in [-0.39, 0.29) is 30.6 Å². The van der Waals surface area contributed by atoms with Gasteiger partial charge in [-0.2, -0.15) is 0 Å². The molecule has 98 valence electrons. The highest BCUT2D eigenvalue weighted by Crippen LogP contribution is 2.33. The molecule has 0 spiro atoms. The van der Waals surface area contributed by atoms with Crippen LogP contribution in [-0.4, -0.2) is 54.1 Å². The predicted molar refractivity (Wildman–Crippen MR) is 61.6 cm³/mol. The number of rotatable bonds is 1. The molecule has 0 aromatic rings. The van der Waals surface area contributed by atoms with Crippen molar-refractivity contribution in [3.63, 3.8) is 0 Å². The fourth-order valence-corrected chi connectivity index (χ4v) is 2.46. The zero-order valence-corrected chi connectivity index (χ0v) is 10.7. The summed E-state index contributed by atoms with van der Waals surface area (Å²) in [7, 11) is 0. The molecular weight excluding hydrogens is 222 g/mol. The van der Waals surface area contributed by atoms with Crippen molar-refractivity contribution in [1.29, 1.82) is 0 Å². The number of ether oxygens (including phenoxy) is 2. The Morgan fingerprint density at radius 1 is 1.47 bits per heavy atom. The van der Waals surface area contributed by atoms with E-state index in [9.17, 15) is 9.90 Å². The van der Waals surface area contributed by atoms with Gasteiger partial charge in [-0.1, -0.05) is 0 Å². The maximum absolute atomic E-state index is 11.9. The fourth-order valence-electron chi connectivity index (χ4n) is 2.46. The molecule has 0 aromatic carbocycles. The summed E-state index contributed by atoms with van der Waals surface area (Å²) >= 11 is 0. The van der Waals surface area contributed by atoms with E-state index in [1.165, 1.54) is 0 Å². The molecule has 5 heteroatoms. The summed E-state index contributed by atoms with van der Waals surface area (Å²) in [5, 5.41) is 9.21. The smallest absolute Gasteiger partial charge is 0.410 e. The highest BCUT2D eigenvalue weighted by atomic mass is 16.6. The lowest BCUT2D eigenvalue weighted by molar-refractivity contribution is 0.0214. The van der Waals surface area contributed by atoms with Crippen LogP contribution in [0, 0.1) is 11.8 Å². The maximum atomic E-state index is 11.9. The molecule has 0 aromatic heterocycles. The Hall–Kier alpha value is -0.810. The van der Waals surface area contributed by atoms with Crippen molar-refractivity contribution in [3.05, 3.63) is 0 Å². The van der Waals surface area contributed by atoms with Crippen LogP contribution in [0.4, 0.5) is 4.79 Å². The van der Waals surface area contributed by atoms with E-state index in [0.29, 0.717) is 19.7 Å². The lowest BCUT2D eigenvalue weighted by Gasteiger charge is -2.25. The largest absolute Gasteiger partial charge is 0.444 e. The van der Waals surface area contributed by atoms with E-state index in [1.54, 1.807) is 4.90 Å². The van der Waals surface area contributed by atoms with Gasteiger partial charge in [0.2, 0.25) is 0 Å². The second-order valence-electron chi connectivity index (χ2n) is 5.86. The van der Waals surface area contributed by atoms with Crippen LogP contribution in [0.25, 0.3) is 0 Å². The van der Waals surface area contributed by atoms with E-state index < -0.39 is 5.60 Å². The lowest BCUT2D eigenvalue weighted by atomic mass is 9.94. The molecule has 2 aliphatic heterocycles. The molecule has 0 radical (unpaired) electrons. The SMILES string of the molecule is CC(C)(C)OC(=O)N1C[C@H]2[C@H](CO)CO[C@H]2C1. The van der Waals surface area contributed by atoms with Gasteiger partial charge in [0.1, 0.15) is 5.60 Å². The summed E-state index contributed by atoms with van der Waals surface area (Å²) in [5.41, 5.74) is -0.466. The normalized spacial score (nSPS) is 32.7. The second kappa shape index (κ2) is 4.46. The van der Waals surface area contributed by atoms with E-state index in [0.717, 1.165) is 0 Å². The third-order valence-electron chi connectivity index (χ3n) is 3.33. The van der Waals surface area contributed by atoms with Crippen LogP contribution in [0.2, 0.25) is 0 Å². The van der Waals surface area contributed by atoms with E-state index in [1.807, 2.05) is 20.8 Å². The highest BCUT2D eigenvalue weighted by Gasteiger charge is 2.45. The molecule has 0 aliphatic carbocycles. The molecule has 2 saturated heterocycles. The number of aliphatic hydroxyl groups excluding tert-OH is 1. The van der Waals surface area contributed by atoms with Gasteiger partial charge >= 0.3 is 6.09 Å². The number of amides is 1. The van der Waals surface area contributed by atoms with Gasteiger partial charge in [0, 0.05) is 25.0 Å². The lowest BCUT2D eigenvalue weighted by Crippen LogP contribution is -2.36. The number of likely N-dealkylation sites (tertiary alicyclic amines) is 1. The molecule has 3 atom stereocenters. The van der Waals surface area contributed by atoms with Crippen LogP contribution < -0.4 is 0 Å². The Kier molecular flexibility index (Phi) is 3.32. The van der Waals surface area contributed by atoms with Crippen molar-refractivity contribution in [2.45, 2.75) is 32.5 Å². The van der Waals surface area contributed by atoms with Gasteiger partial charge in [-0.3, -0.25) is 0 Å². The van der Waals surface area contributed by atoms with Crippen LogP contribution in [-0.2, 0) is 9.47 Å². The zero-order valence-electron chi connectivity index (χ0n) is 10.7. The van der Waals surface area contributed by atoms with Crippen LogP contribution in [0.5, 0.6) is 0 Å². The molecule has 0 saturated carbocycles. The van der Waals surface area contributed by atoms with Gasteiger partial charge in [-0.25, -0.2) is 4.79 Å². The molecule has 1 amide bonds. The minimum atomic E-state index is -0.466. The van der Waals surface area contributed by atoms with E-state index in [4.69, 9.17) is 9.47 Å². The minimum absolute atomic E-state index is 0.0691. The van der Waals surface area contributed by atoms with Crippen molar-refractivity contribution in [1.82, 2.24) is 4.90 Å². The second-order valence-corrected chi connectivity index (χ2v) is 5.86. The fraction of sp³-hybridized carbons (Fsp3) is 0.917. The monoisotopic (exact) mass is 243 g/mol. The Balaban J connectivity index is 1.92. The summed E-state index contributed by atoms with van der Waals surface area (Å²) in [6.45, 7) is 7.51. The Labute approximate surface area is 102 Å². The summed E-state index contributed by atoms with van der Waals surface area (Å²) in [6, 6.07) is 0. The Bertz CT molecular complexity index is 299. The van der Waals surface area contributed by atoms with Gasteiger partial charge < -0.3 is 19.5 Å². The average Bonchev–Trinajstić information content (AvgIpc) is 2.72. The van der Waals surface area contributed by atoms with Gasteiger partial charge in [0.05, 0.1) is 19.3 Å². The predicted octanol–water partition coefficient (Wildman–Crippen LogP) is 0.861. The first kappa shape index (κ1) is 12.6. The number of hydrogen-bond acceptors (Lipinski definition) is 4. The first-order valence-electron chi connectivity index (χ1n) is 6.11. The quantitative estimate of drug-likeness (QED) is 0.742. The molecule has 2 rings (SSSR count). The summed E-state index contributed by atoms with van der Waals surface area (Å²) in [5.74, 6) is 0.417. The molecule has 5 nitrogen and oxygen atoms in total. The third-order valence-corrected chi connectivity index (χ3v) is 3.33. The van der Waals surface area contributed by atoms with Crippen molar-refractivity contribution in [3.8, 4) is 0 Å². The molecule has 1 N–H and O–H groups in total. The van der Waals surface area contributed by atoms with Crippen molar-refractivity contribution in [2.24, 2.45) is 11.8 Å². The van der Waals surface area contributed by atoms with Crippen LogP contribution in [0.1, 0.15) is 20.8 Å². The molecule has 2 fully saturated rings. The molecule has 2 heterocycles. The molecular formula is C12H21NO4. The van der Waals surface area contributed by atoms with E-state index in [2.05, 4.69) is 0 Å².